The van der Waals surface area contributed by atoms with Crippen molar-refractivity contribution >= 4 is 23.3 Å². The number of halogens is 1. The lowest BCUT2D eigenvalue weighted by Crippen LogP contribution is -2.34. The van der Waals surface area contributed by atoms with Crippen LogP contribution in [0.5, 0.6) is 0 Å². The molecule has 0 aliphatic heterocycles. The number of carbonyl (C=O) groups is 2. The molecule has 0 heterocycles. The van der Waals surface area contributed by atoms with E-state index >= 15 is 0 Å². The Morgan fingerprint density at radius 3 is 2.32 bits per heavy atom. The second kappa shape index (κ2) is 7.39. The van der Waals surface area contributed by atoms with Crippen molar-refractivity contribution in [3.63, 3.8) is 0 Å². The van der Waals surface area contributed by atoms with E-state index in [0.29, 0.717) is 5.02 Å². The summed E-state index contributed by atoms with van der Waals surface area (Å²) in [5.74, 6) is -2.51. The van der Waals surface area contributed by atoms with Gasteiger partial charge in [0.25, 0.3) is 0 Å². The van der Waals surface area contributed by atoms with Gasteiger partial charge in [-0.05, 0) is 29.8 Å². The fourth-order valence-corrected chi connectivity index (χ4v) is 2.03. The van der Waals surface area contributed by atoms with Crippen LogP contribution in [0.4, 0.5) is 0 Å². The molecule has 1 N–H and O–H groups in total. The zero-order valence-electron chi connectivity index (χ0n) is 11.6. The van der Waals surface area contributed by atoms with Crippen molar-refractivity contribution in [1.82, 2.24) is 5.32 Å². The van der Waals surface area contributed by atoms with E-state index in [2.05, 4.69) is 5.32 Å². The second-order valence-electron chi connectivity index (χ2n) is 4.64. The van der Waals surface area contributed by atoms with Crippen LogP contribution in [0.3, 0.4) is 0 Å². The molecule has 1 amide bonds. The number of rotatable bonds is 5. The van der Waals surface area contributed by atoms with Gasteiger partial charge in [0.05, 0.1) is 6.07 Å². The molecule has 22 heavy (non-hydrogen) atoms. The Bertz CT molecular complexity index is 706. The minimum atomic E-state index is -1.37. The lowest BCUT2D eigenvalue weighted by molar-refractivity contribution is -0.122. The molecule has 4 nitrogen and oxygen atoms in total. The van der Waals surface area contributed by atoms with Crippen molar-refractivity contribution in [3.8, 4) is 6.07 Å². The van der Waals surface area contributed by atoms with Gasteiger partial charge in [0, 0.05) is 17.1 Å². The van der Waals surface area contributed by atoms with Gasteiger partial charge in [-0.2, -0.15) is 5.26 Å². The third-order valence-electron chi connectivity index (χ3n) is 3.09. The number of hydrogen-bond acceptors (Lipinski definition) is 3. The van der Waals surface area contributed by atoms with Crippen LogP contribution in [0, 0.1) is 17.2 Å². The van der Waals surface area contributed by atoms with E-state index in [9.17, 15) is 9.59 Å². The average Bonchev–Trinajstić information content (AvgIpc) is 2.55. The number of hydrogen-bond donors (Lipinski definition) is 1. The van der Waals surface area contributed by atoms with Crippen molar-refractivity contribution in [3.05, 3.63) is 70.7 Å². The van der Waals surface area contributed by atoms with Gasteiger partial charge in [0.15, 0.2) is 11.7 Å². The second-order valence-corrected chi connectivity index (χ2v) is 5.07. The third-order valence-corrected chi connectivity index (χ3v) is 3.34. The summed E-state index contributed by atoms with van der Waals surface area (Å²) in [6, 6.07) is 17.1. The lowest BCUT2D eigenvalue weighted by atomic mass is 9.98. The smallest absolute Gasteiger partial charge is 0.245 e. The van der Waals surface area contributed by atoms with Crippen molar-refractivity contribution < 1.29 is 9.59 Å². The van der Waals surface area contributed by atoms with Crippen molar-refractivity contribution in [2.45, 2.75) is 6.54 Å². The summed E-state index contributed by atoms with van der Waals surface area (Å²) < 4.78 is 0. The molecule has 1 atom stereocenters. The number of amides is 1. The summed E-state index contributed by atoms with van der Waals surface area (Å²) in [5, 5.41) is 12.2. The van der Waals surface area contributed by atoms with Gasteiger partial charge >= 0.3 is 0 Å². The number of nitriles is 1. The molecule has 2 rings (SSSR count). The van der Waals surface area contributed by atoms with Gasteiger partial charge in [-0.1, -0.05) is 41.9 Å². The highest BCUT2D eigenvalue weighted by Gasteiger charge is 2.27. The largest absolute Gasteiger partial charge is 0.350 e. The number of nitrogens with one attached hydrogen (secondary N) is 1. The lowest BCUT2D eigenvalue weighted by Gasteiger charge is -2.10. The molecule has 1 unspecified atom stereocenters. The van der Waals surface area contributed by atoms with Crippen LogP contribution < -0.4 is 5.32 Å². The zero-order chi connectivity index (χ0) is 15.9. The molecule has 110 valence electrons. The Labute approximate surface area is 133 Å². The molecule has 0 spiro atoms. The van der Waals surface area contributed by atoms with E-state index in [1.165, 1.54) is 12.1 Å². The highest BCUT2D eigenvalue weighted by molar-refractivity contribution is 6.30. The molecular weight excluding hydrogens is 300 g/mol. The quantitative estimate of drug-likeness (QED) is 0.681. The summed E-state index contributed by atoms with van der Waals surface area (Å²) in [7, 11) is 0. The normalized spacial score (nSPS) is 11.3. The Kier molecular flexibility index (Phi) is 5.29. The third kappa shape index (κ3) is 3.94. The van der Waals surface area contributed by atoms with Crippen LogP contribution in [0.15, 0.2) is 54.6 Å². The Balaban J connectivity index is 2.04. The van der Waals surface area contributed by atoms with E-state index in [0.717, 1.165) is 5.56 Å². The maximum atomic E-state index is 12.2. The molecule has 0 aliphatic rings. The summed E-state index contributed by atoms with van der Waals surface area (Å²) in [6.07, 6.45) is 0. The van der Waals surface area contributed by atoms with Gasteiger partial charge in [0.1, 0.15) is 0 Å². The SMILES string of the molecule is N#CC(C(=O)NCc1ccccc1)C(=O)c1ccc(Cl)cc1. The van der Waals surface area contributed by atoms with Gasteiger partial charge < -0.3 is 5.32 Å². The van der Waals surface area contributed by atoms with Crippen molar-refractivity contribution in [2.75, 3.05) is 0 Å². The zero-order valence-corrected chi connectivity index (χ0v) is 12.4. The molecule has 0 fully saturated rings. The Hall–Kier alpha value is -2.64. The van der Waals surface area contributed by atoms with E-state index in [1.807, 2.05) is 30.3 Å². The minimum Gasteiger partial charge on any atom is -0.350 e. The van der Waals surface area contributed by atoms with Crippen LogP contribution in [-0.2, 0) is 11.3 Å². The first kappa shape index (κ1) is 15.7. The van der Waals surface area contributed by atoms with Crippen LogP contribution >= 0.6 is 11.6 Å². The van der Waals surface area contributed by atoms with Crippen molar-refractivity contribution in [1.29, 1.82) is 5.26 Å². The summed E-state index contributed by atoms with van der Waals surface area (Å²) in [4.78, 5) is 24.3. The van der Waals surface area contributed by atoms with Crippen molar-refractivity contribution in [2.24, 2.45) is 5.92 Å². The summed E-state index contributed by atoms with van der Waals surface area (Å²) >= 11 is 5.75. The Morgan fingerprint density at radius 1 is 1.09 bits per heavy atom. The van der Waals surface area contributed by atoms with Gasteiger partial charge in [-0.25, -0.2) is 0 Å². The van der Waals surface area contributed by atoms with E-state index in [-0.39, 0.29) is 12.1 Å². The number of carbonyl (C=O) groups excluding carboxylic acids is 2. The predicted octanol–water partition coefficient (Wildman–Crippen LogP) is 2.98. The Morgan fingerprint density at radius 2 is 1.73 bits per heavy atom. The highest BCUT2D eigenvalue weighted by atomic mass is 35.5. The first-order chi connectivity index (χ1) is 10.6. The van der Waals surface area contributed by atoms with Crippen LogP contribution in [0.1, 0.15) is 15.9 Å². The van der Waals surface area contributed by atoms with E-state index < -0.39 is 17.6 Å². The fraction of sp³-hybridized carbons (Fsp3) is 0.118. The monoisotopic (exact) mass is 312 g/mol. The standard InChI is InChI=1S/C17H13ClN2O2/c18-14-8-6-13(7-9-14)16(21)15(10-19)17(22)20-11-12-4-2-1-3-5-12/h1-9,15H,11H2,(H,20,22). The van der Waals surface area contributed by atoms with Gasteiger partial charge in [0.2, 0.25) is 5.91 Å². The van der Waals surface area contributed by atoms with Gasteiger partial charge in [-0.15, -0.1) is 0 Å². The maximum absolute atomic E-state index is 12.2. The van der Waals surface area contributed by atoms with E-state index in [4.69, 9.17) is 16.9 Å². The molecule has 0 aromatic heterocycles. The molecule has 0 aliphatic carbocycles. The van der Waals surface area contributed by atoms with Crippen LogP contribution in [0.25, 0.3) is 0 Å². The molecule has 5 heteroatoms. The summed E-state index contributed by atoms with van der Waals surface area (Å²) in [5.41, 5.74) is 1.18. The molecule has 0 radical (unpaired) electrons. The predicted molar refractivity (Wildman–Crippen MR) is 83.2 cm³/mol. The highest BCUT2D eigenvalue weighted by Crippen LogP contribution is 2.14. The molecule has 2 aromatic carbocycles. The maximum Gasteiger partial charge on any atom is 0.245 e. The number of ketones is 1. The average molecular weight is 313 g/mol. The van der Waals surface area contributed by atoms with Crippen LogP contribution in [0.2, 0.25) is 5.02 Å². The molecule has 2 aromatic rings. The van der Waals surface area contributed by atoms with E-state index in [1.54, 1.807) is 18.2 Å². The first-order valence-corrected chi connectivity index (χ1v) is 7.00. The number of benzene rings is 2. The fourth-order valence-electron chi connectivity index (χ4n) is 1.90. The van der Waals surface area contributed by atoms with Crippen LogP contribution in [-0.4, -0.2) is 11.7 Å². The molecule has 0 bridgehead atoms. The minimum absolute atomic E-state index is 0.270. The number of Topliss-reactive ketones (excluding diaryl/α,β-unsaturated/α-hetero) is 1. The van der Waals surface area contributed by atoms with Gasteiger partial charge in [-0.3, -0.25) is 9.59 Å². The topological polar surface area (TPSA) is 70.0 Å². The summed E-state index contributed by atoms with van der Waals surface area (Å²) in [6.45, 7) is 0.270. The number of nitrogens with zero attached hydrogens (tertiary/aromatic N) is 1. The molecule has 0 saturated carbocycles. The molecule has 0 saturated heterocycles. The first-order valence-electron chi connectivity index (χ1n) is 6.63. The molecular formula is C17H13ClN2O2.